The molecule has 0 spiro atoms. The molecular formula is C20H19ClN2O4. The van der Waals surface area contributed by atoms with Gasteiger partial charge in [0.2, 0.25) is 0 Å². The Morgan fingerprint density at radius 3 is 2.26 bits per heavy atom. The minimum Gasteiger partial charge on any atom is -0.496 e. The van der Waals surface area contributed by atoms with Crippen molar-refractivity contribution in [1.82, 2.24) is 5.32 Å². The first kappa shape index (κ1) is 18.8. The number of hydrogen-bond acceptors (Lipinski definition) is 5. The summed E-state index contributed by atoms with van der Waals surface area (Å²) >= 11 is 5.90. The highest BCUT2D eigenvalue weighted by molar-refractivity contribution is 6.30. The van der Waals surface area contributed by atoms with Gasteiger partial charge in [-0.1, -0.05) is 23.7 Å². The maximum Gasteiger partial charge on any atom is 0.275 e. The molecule has 0 atom stereocenters. The summed E-state index contributed by atoms with van der Waals surface area (Å²) in [5.74, 6) is 1.94. The van der Waals surface area contributed by atoms with E-state index in [1.807, 2.05) is 12.1 Å². The molecule has 0 radical (unpaired) electrons. The molecule has 1 aliphatic rings. The van der Waals surface area contributed by atoms with Crippen molar-refractivity contribution in [2.24, 2.45) is 4.99 Å². The third-order valence-corrected chi connectivity index (χ3v) is 4.31. The van der Waals surface area contributed by atoms with E-state index >= 15 is 0 Å². The highest BCUT2D eigenvalue weighted by atomic mass is 35.5. The molecule has 1 amide bonds. The summed E-state index contributed by atoms with van der Waals surface area (Å²) in [5, 5.41) is 3.45. The summed E-state index contributed by atoms with van der Waals surface area (Å²) in [5.41, 5.74) is 1.96. The van der Waals surface area contributed by atoms with Crippen molar-refractivity contribution >= 4 is 29.4 Å². The number of amides is 1. The number of ether oxygens (including phenoxy) is 3. The minimum atomic E-state index is -0.268. The zero-order valence-electron chi connectivity index (χ0n) is 15.2. The second-order valence-corrected chi connectivity index (χ2v) is 6.23. The van der Waals surface area contributed by atoms with Gasteiger partial charge in [0.1, 0.15) is 17.3 Å². The molecule has 0 aromatic heterocycles. The molecule has 6 nitrogen and oxygen atoms in total. The molecule has 1 heterocycles. The van der Waals surface area contributed by atoms with Gasteiger partial charge < -0.3 is 19.5 Å². The predicted molar refractivity (Wildman–Crippen MR) is 105 cm³/mol. The molecule has 0 aliphatic carbocycles. The zero-order valence-corrected chi connectivity index (χ0v) is 16.0. The number of methoxy groups -OCH3 is 3. The van der Waals surface area contributed by atoms with Crippen molar-refractivity contribution in [3.05, 3.63) is 58.2 Å². The Balaban J connectivity index is 1.90. The quantitative estimate of drug-likeness (QED) is 0.772. The van der Waals surface area contributed by atoms with Crippen LogP contribution in [-0.4, -0.2) is 33.1 Å². The lowest BCUT2D eigenvalue weighted by Crippen LogP contribution is -2.25. The number of nitrogens with zero attached hydrogens (tertiary/aromatic N) is 1. The van der Waals surface area contributed by atoms with Gasteiger partial charge >= 0.3 is 0 Å². The van der Waals surface area contributed by atoms with Gasteiger partial charge in [0.25, 0.3) is 5.91 Å². The van der Waals surface area contributed by atoms with Crippen LogP contribution in [0.15, 0.2) is 47.1 Å². The molecule has 0 fully saturated rings. The number of rotatable bonds is 6. The van der Waals surface area contributed by atoms with Gasteiger partial charge in [0, 0.05) is 23.1 Å². The Labute approximate surface area is 162 Å². The van der Waals surface area contributed by atoms with Gasteiger partial charge in [-0.3, -0.25) is 4.79 Å². The fraction of sp³-hybridized carbons (Fsp3) is 0.200. The first-order valence-corrected chi connectivity index (χ1v) is 8.57. The van der Waals surface area contributed by atoms with E-state index in [9.17, 15) is 4.79 Å². The molecule has 27 heavy (non-hydrogen) atoms. The lowest BCUT2D eigenvalue weighted by Gasteiger charge is -2.12. The number of carbonyl (C=O) groups excluding carboxylic acids is 1. The van der Waals surface area contributed by atoms with E-state index in [1.165, 1.54) is 0 Å². The van der Waals surface area contributed by atoms with E-state index in [0.717, 1.165) is 5.56 Å². The van der Waals surface area contributed by atoms with Crippen molar-refractivity contribution in [2.45, 2.75) is 6.42 Å². The van der Waals surface area contributed by atoms with E-state index in [4.69, 9.17) is 25.8 Å². The largest absolute Gasteiger partial charge is 0.496 e. The first-order valence-electron chi connectivity index (χ1n) is 8.19. The standard InChI is InChI=1S/C20H19ClN2O4/c1-25-16-11-18(27-3)17(26-2)10-13(16)9-15-20(24)23-19(22-15)8-12-4-6-14(21)7-5-12/h4-7,9-11H,8H2,1-3H3,(H,22,23,24)/b15-9-. The van der Waals surface area contributed by atoms with Gasteiger partial charge in [-0.05, 0) is 29.8 Å². The molecule has 1 N–H and O–H groups in total. The van der Waals surface area contributed by atoms with E-state index in [2.05, 4.69) is 10.3 Å². The molecule has 2 aromatic carbocycles. The first-order chi connectivity index (χ1) is 13.0. The molecular weight excluding hydrogens is 368 g/mol. The second kappa shape index (κ2) is 8.14. The number of hydrogen-bond donors (Lipinski definition) is 1. The number of carbonyl (C=O) groups is 1. The minimum absolute atomic E-state index is 0.268. The Morgan fingerprint density at radius 2 is 1.63 bits per heavy atom. The summed E-state index contributed by atoms with van der Waals surface area (Å²) in [7, 11) is 4.65. The van der Waals surface area contributed by atoms with Gasteiger partial charge in [0.05, 0.1) is 21.3 Å². The van der Waals surface area contributed by atoms with Crippen LogP contribution in [0.2, 0.25) is 5.02 Å². The van der Waals surface area contributed by atoms with Crippen LogP contribution in [-0.2, 0) is 11.2 Å². The number of halogens is 1. The molecule has 0 unspecified atom stereocenters. The second-order valence-electron chi connectivity index (χ2n) is 5.79. The van der Waals surface area contributed by atoms with E-state index in [-0.39, 0.29) is 5.91 Å². The summed E-state index contributed by atoms with van der Waals surface area (Å²) in [4.78, 5) is 16.7. The molecule has 3 rings (SSSR count). The number of amidine groups is 1. The SMILES string of the molecule is COc1cc(OC)c(OC)cc1/C=C1\N=C(Cc2ccc(Cl)cc2)NC1=O. The van der Waals surface area contributed by atoms with Crippen molar-refractivity contribution < 1.29 is 19.0 Å². The summed E-state index contributed by atoms with van der Waals surface area (Å²) < 4.78 is 16.0. The molecule has 1 aliphatic heterocycles. The fourth-order valence-corrected chi connectivity index (χ4v) is 2.84. The number of aliphatic imine (C=N–C) groups is 1. The lowest BCUT2D eigenvalue weighted by atomic mass is 10.1. The third-order valence-electron chi connectivity index (χ3n) is 4.06. The van der Waals surface area contributed by atoms with Crippen LogP contribution in [0.25, 0.3) is 6.08 Å². The van der Waals surface area contributed by atoms with Crippen molar-refractivity contribution in [2.75, 3.05) is 21.3 Å². The Bertz CT molecular complexity index is 920. The van der Waals surface area contributed by atoms with Gasteiger partial charge in [-0.25, -0.2) is 4.99 Å². The van der Waals surface area contributed by atoms with Crippen LogP contribution in [0.4, 0.5) is 0 Å². The topological polar surface area (TPSA) is 69.2 Å². The Hall–Kier alpha value is -2.99. The third kappa shape index (κ3) is 4.23. The van der Waals surface area contributed by atoms with Gasteiger partial charge in [-0.15, -0.1) is 0 Å². The smallest absolute Gasteiger partial charge is 0.275 e. The highest BCUT2D eigenvalue weighted by Crippen LogP contribution is 2.36. The van der Waals surface area contributed by atoms with Crippen molar-refractivity contribution in [3.63, 3.8) is 0 Å². The lowest BCUT2D eigenvalue weighted by molar-refractivity contribution is -0.115. The average Bonchev–Trinajstić information content (AvgIpc) is 3.02. The summed E-state index contributed by atoms with van der Waals surface area (Å²) in [6.07, 6.45) is 2.16. The zero-order chi connectivity index (χ0) is 19.4. The number of nitrogens with one attached hydrogen (secondary N) is 1. The van der Waals surface area contributed by atoms with E-state index < -0.39 is 0 Å². The molecule has 140 valence electrons. The van der Waals surface area contributed by atoms with Crippen LogP contribution in [0, 0.1) is 0 Å². The van der Waals surface area contributed by atoms with Crippen LogP contribution < -0.4 is 19.5 Å². The molecule has 0 bridgehead atoms. The highest BCUT2D eigenvalue weighted by Gasteiger charge is 2.21. The van der Waals surface area contributed by atoms with Crippen molar-refractivity contribution in [1.29, 1.82) is 0 Å². The van der Waals surface area contributed by atoms with E-state index in [0.29, 0.717) is 45.8 Å². The number of benzene rings is 2. The predicted octanol–water partition coefficient (Wildman–Crippen LogP) is 3.48. The maximum absolute atomic E-state index is 12.3. The average molecular weight is 387 g/mol. The summed E-state index contributed by atoms with van der Waals surface area (Å²) in [6, 6.07) is 10.9. The molecule has 0 saturated heterocycles. The molecule has 0 saturated carbocycles. The molecule has 7 heteroatoms. The Morgan fingerprint density at radius 1 is 1.00 bits per heavy atom. The maximum atomic E-state index is 12.3. The molecule has 2 aromatic rings. The van der Waals surface area contributed by atoms with Crippen LogP contribution in [0.3, 0.4) is 0 Å². The van der Waals surface area contributed by atoms with Gasteiger partial charge in [-0.2, -0.15) is 0 Å². The van der Waals surface area contributed by atoms with Crippen LogP contribution in [0.1, 0.15) is 11.1 Å². The van der Waals surface area contributed by atoms with Crippen LogP contribution >= 0.6 is 11.6 Å². The normalized spacial score (nSPS) is 14.7. The van der Waals surface area contributed by atoms with Gasteiger partial charge in [0.15, 0.2) is 11.5 Å². The fourth-order valence-electron chi connectivity index (χ4n) is 2.71. The van der Waals surface area contributed by atoms with Crippen LogP contribution in [0.5, 0.6) is 17.2 Å². The summed E-state index contributed by atoms with van der Waals surface area (Å²) in [6.45, 7) is 0. The van der Waals surface area contributed by atoms with E-state index in [1.54, 1.807) is 51.7 Å². The Kier molecular flexibility index (Phi) is 5.66. The monoisotopic (exact) mass is 386 g/mol. The van der Waals surface area contributed by atoms with Crippen molar-refractivity contribution in [3.8, 4) is 17.2 Å².